The van der Waals surface area contributed by atoms with Gasteiger partial charge in [0.05, 0.1) is 11.1 Å². The van der Waals surface area contributed by atoms with Crippen LogP contribution in [0.15, 0.2) is 18.9 Å². The summed E-state index contributed by atoms with van der Waals surface area (Å²) in [6, 6.07) is 0. The molecule has 2 N–H and O–H groups in total. The number of rotatable bonds is 3. The molecular formula is C10H9N5O2S. The van der Waals surface area contributed by atoms with Crippen molar-refractivity contribution in [3.05, 3.63) is 23.7 Å². The second kappa shape index (κ2) is 5.90. The quantitative estimate of drug-likeness (QED) is 0.743. The predicted octanol–water partition coefficient (Wildman–Crippen LogP) is -0.283. The molecule has 92 valence electrons. The van der Waals surface area contributed by atoms with E-state index in [1.54, 1.807) is 6.20 Å². The highest BCUT2D eigenvalue weighted by Gasteiger charge is 2.06. The Balaban J connectivity index is 1.93. The van der Waals surface area contributed by atoms with Crippen LogP contribution in [0.4, 0.5) is 5.13 Å². The molecule has 0 atom stereocenters. The third kappa shape index (κ3) is 3.38. The number of carbonyl (C=O) groups excluding carboxylic acids is 1. The van der Waals surface area contributed by atoms with Gasteiger partial charge in [-0.25, -0.2) is 14.6 Å². The smallest absolute Gasteiger partial charge is 0.247 e. The molecule has 0 radical (unpaired) electrons. The van der Waals surface area contributed by atoms with Gasteiger partial charge in [-0.2, -0.15) is 5.10 Å². The molecule has 2 heterocycles. The molecule has 0 aliphatic heterocycles. The van der Waals surface area contributed by atoms with Crippen molar-refractivity contribution >= 4 is 22.4 Å². The summed E-state index contributed by atoms with van der Waals surface area (Å²) in [5.41, 5.74) is 0. The van der Waals surface area contributed by atoms with Crippen LogP contribution >= 0.6 is 11.3 Å². The van der Waals surface area contributed by atoms with E-state index in [1.807, 2.05) is 0 Å². The summed E-state index contributed by atoms with van der Waals surface area (Å²) in [5, 5.41) is 15.5. The maximum Gasteiger partial charge on any atom is 0.247 e. The van der Waals surface area contributed by atoms with Gasteiger partial charge in [0.1, 0.15) is 25.8 Å². The lowest BCUT2D eigenvalue weighted by Crippen LogP contribution is -2.18. The minimum atomic E-state index is -0.239. The largest absolute Gasteiger partial charge is 0.384 e. The molecule has 2 aromatic heterocycles. The van der Waals surface area contributed by atoms with E-state index in [0.29, 0.717) is 10.0 Å². The highest BCUT2D eigenvalue weighted by Crippen LogP contribution is 2.16. The summed E-state index contributed by atoms with van der Waals surface area (Å²) in [6.07, 6.45) is 4.36. The van der Waals surface area contributed by atoms with Crippen molar-refractivity contribution < 1.29 is 9.90 Å². The first-order valence-corrected chi connectivity index (χ1v) is 5.77. The summed E-state index contributed by atoms with van der Waals surface area (Å²) in [5.74, 6) is 4.98. The molecule has 1 amide bonds. The van der Waals surface area contributed by atoms with Crippen LogP contribution in [-0.2, 0) is 11.3 Å². The van der Waals surface area contributed by atoms with E-state index in [0.717, 1.165) is 0 Å². The summed E-state index contributed by atoms with van der Waals surface area (Å²) < 4.78 is 1.41. The molecule has 0 aliphatic carbocycles. The monoisotopic (exact) mass is 263 g/mol. The summed E-state index contributed by atoms with van der Waals surface area (Å²) in [4.78, 5) is 20.0. The number of aromatic nitrogens is 4. The number of anilines is 1. The maximum absolute atomic E-state index is 11.6. The predicted molar refractivity (Wildman–Crippen MR) is 64.7 cm³/mol. The first kappa shape index (κ1) is 12.2. The van der Waals surface area contributed by atoms with E-state index in [2.05, 4.69) is 32.2 Å². The Bertz CT molecular complexity index is 581. The zero-order chi connectivity index (χ0) is 12.8. The van der Waals surface area contributed by atoms with Gasteiger partial charge in [-0.05, 0) is 0 Å². The third-order valence-electron chi connectivity index (χ3n) is 1.81. The Morgan fingerprint density at radius 2 is 2.50 bits per heavy atom. The second-order valence-corrected chi connectivity index (χ2v) is 4.16. The molecule has 0 saturated carbocycles. The van der Waals surface area contributed by atoms with Crippen molar-refractivity contribution in [3.63, 3.8) is 0 Å². The fourth-order valence-electron chi connectivity index (χ4n) is 1.14. The van der Waals surface area contributed by atoms with Gasteiger partial charge in [-0.3, -0.25) is 4.79 Å². The van der Waals surface area contributed by atoms with Crippen LogP contribution in [0.1, 0.15) is 4.88 Å². The van der Waals surface area contributed by atoms with Crippen LogP contribution in [0.5, 0.6) is 0 Å². The van der Waals surface area contributed by atoms with Crippen molar-refractivity contribution in [2.45, 2.75) is 6.54 Å². The van der Waals surface area contributed by atoms with Gasteiger partial charge in [0.25, 0.3) is 0 Å². The fraction of sp³-hybridized carbons (Fsp3) is 0.200. The number of thiazole rings is 1. The lowest BCUT2D eigenvalue weighted by molar-refractivity contribution is -0.116. The topological polar surface area (TPSA) is 92.9 Å². The summed E-state index contributed by atoms with van der Waals surface area (Å²) in [6.45, 7) is -0.122. The highest BCUT2D eigenvalue weighted by molar-refractivity contribution is 7.16. The molecule has 0 spiro atoms. The second-order valence-electron chi connectivity index (χ2n) is 3.13. The maximum atomic E-state index is 11.6. The van der Waals surface area contributed by atoms with Crippen molar-refractivity contribution in [1.29, 1.82) is 0 Å². The van der Waals surface area contributed by atoms with Crippen LogP contribution in [0.25, 0.3) is 0 Å². The first-order valence-electron chi connectivity index (χ1n) is 4.96. The Hall–Kier alpha value is -2.24. The molecule has 8 heteroatoms. The zero-order valence-corrected chi connectivity index (χ0v) is 10.0. The van der Waals surface area contributed by atoms with E-state index >= 15 is 0 Å². The molecule has 2 aromatic rings. The fourth-order valence-corrected chi connectivity index (χ4v) is 1.84. The zero-order valence-electron chi connectivity index (χ0n) is 9.20. The van der Waals surface area contributed by atoms with Gasteiger partial charge in [0, 0.05) is 0 Å². The number of aliphatic hydroxyl groups is 1. The van der Waals surface area contributed by atoms with Crippen molar-refractivity contribution in [2.75, 3.05) is 11.9 Å². The normalized spacial score (nSPS) is 9.61. The van der Waals surface area contributed by atoms with Crippen molar-refractivity contribution in [2.24, 2.45) is 0 Å². The third-order valence-corrected chi connectivity index (χ3v) is 2.64. The van der Waals surface area contributed by atoms with Gasteiger partial charge in [0.15, 0.2) is 5.13 Å². The molecule has 0 aliphatic rings. The first-order chi connectivity index (χ1) is 8.78. The number of hydrogen-bond acceptors (Lipinski definition) is 6. The number of aliphatic hydroxyl groups excluding tert-OH is 1. The Kier molecular flexibility index (Phi) is 4.01. The molecule has 0 aromatic carbocycles. The number of nitrogens with zero attached hydrogens (tertiary/aromatic N) is 4. The van der Waals surface area contributed by atoms with Crippen LogP contribution < -0.4 is 5.32 Å². The van der Waals surface area contributed by atoms with E-state index < -0.39 is 0 Å². The van der Waals surface area contributed by atoms with Gasteiger partial charge < -0.3 is 10.4 Å². The Labute approximate surface area is 107 Å². The van der Waals surface area contributed by atoms with E-state index in [-0.39, 0.29) is 19.1 Å². The minimum absolute atomic E-state index is 0.0806. The number of amides is 1. The molecule has 18 heavy (non-hydrogen) atoms. The lowest BCUT2D eigenvalue weighted by atomic mass is 10.5. The van der Waals surface area contributed by atoms with Gasteiger partial charge in [-0.15, -0.1) is 0 Å². The molecule has 2 rings (SSSR count). The number of carbonyl (C=O) groups is 1. The molecule has 0 unspecified atom stereocenters. The summed E-state index contributed by atoms with van der Waals surface area (Å²) in [7, 11) is 0. The van der Waals surface area contributed by atoms with Crippen LogP contribution in [0.3, 0.4) is 0 Å². The molecule has 0 saturated heterocycles. The number of nitrogens with one attached hydrogen (secondary N) is 1. The van der Waals surface area contributed by atoms with Crippen molar-refractivity contribution in [1.82, 2.24) is 19.7 Å². The highest BCUT2D eigenvalue weighted by atomic mass is 32.1. The lowest BCUT2D eigenvalue weighted by Gasteiger charge is -2.00. The Morgan fingerprint density at radius 1 is 1.61 bits per heavy atom. The molecule has 0 bridgehead atoms. The molecular weight excluding hydrogens is 254 g/mol. The number of hydrogen-bond donors (Lipinski definition) is 2. The van der Waals surface area contributed by atoms with Crippen LogP contribution in [-0.4, -0.2) is 37.4 Å². The van der Waals surface area contributed by atoms with Crippen molar-refractivity contribution in [3.8, 4) is 11.8 Å². The van der Waals surface area contributed by atoms with Crippen LogP contribution in [0.2, 0.25) is 0 Å². The Morgan fingerprint density at radius 3 is 3.22 bits per heavy atom. The molecule has 0 fully saturated rings. The SMILES string of the molecule is O=C(Cn1cncn1)Nc1ncc(C#CCO)s1. The van der Waals surface area contributed by atoms with Gasteiger partial charge >= 0.3 is 0 Å². The van der Waals surface area contributed by atoms with E-state index in [9.17, 15) is 4.79 Å². The van der Waals surface area contributed by atoms with Gasteiger partial charge in [-0.1, -0.05) is 23.2 Å². The van der Waals surface area contributed by atoms with Crippen LogP contribution in [0, 0.1) is 11.8 Å². The average molecular weight is 263 g/mol. The average Bonchev–Trinajstić information content (AvgIpc) is 2.98. The molecule has 7 nitrogen and oxygen atoms in total. The van der Waals surface area contributed by atoms with E-state index in [1.165, 1.54) is 28.7 Å². The van der Waals surface area contributed by atoms with E-state index in [4.69, 9.17) is 5.11 Å². The summed E-state index contributed by atoms with van der Waals surface area (Å²) >= 11 is 1.24. The van der Waals surface area contributed by atoms with Gasteiger partial charge in [0.2, 0.25) is 5.91 Å². The minimum Gasteiger partial charge on any atom is -0.384 e. The standard InChI is InChI=1S/C10H9N5O2S/c16-3-1-2-8-4-12-10(18-8)14-9(17)5-15-7-11-6-13-15/h4,6-7,16H,3,5H2,(H,12,14,17).